The van der Waals surface area contributed by atoms with Gasteiger partial charge in [-0.05, 0) is 24.5 Å². The van der Waals surface area contributed by atoms with E-state index in [1.54, 1.807) is 23.1 Å². The summed E-state index contributed by atoms with van der Waals surface area (Å²) in [6.45, 7) is 2.84. The molecule has 4 rings (SSSR count). The Hall–Kier alpha value is -3.19. The second-order valence-corrected chi connectivity index (χ2v) is 7.55. The summed E-state index contributed by atoms with van der Waals surface area (Å²) >= 11 is 0. The largest absolute Gasteiger partial charge is 0.383 e. The Morgan fingerprint density at radius 1 is 1.24 bits per heavy atom. The minimum atomic E-state index is -0.171. The average Bonchev–Trinajstić information content (AvgIpc) is 3.36. The van der Waals surface area contributed by atoms with Crippen LogP contribution in [0.25, 0.3) is 11.1 Å². The number of rotatable bonds is 6. The third-order valence-electron chi connectivity index (χ3n) is 5.37. The van der Waals surface area contributed by atoms with E-state index in [0.29, 0.717) is 5.56 Å². The van der Waals surface area contributed by atoms with Gasteiger partial charge in [0.1, 0.15) is 5.82 Å². The minimum Gasteiger partial charge on any atom is -0.383 e. The Kier molecular flexibility index (Phi) is 5.57. The monoisotopic (exact) mass is 390 g/mol. The molecule has 0 unspecified atom stereocenters. The van der Waals surface area contributed by atoms with Crippen LogP contribution in [-0.4, -0.2) is 51.2 Å². The zero-order chi connectivity index (χ0) is 20.2. The SMILES string of the molecule is Cn1cc(-c2cnc(N)c(C(=O)N[C@@H]3CCN(CCc4ccccc4)C3)c2)cn1. The first-order chi connectivity index (χ1) is 14.1. The number of benzene rings is 1. The van der Waals surface area contributed by atoms with Crippen LogP contribution in [-0.2, 0) is 13.5 Å². The smallest absolute Gasteiger partial charge is 0.255 e. The fourth-order valence-corrected chi connectivity index (χ4v) is 3.73. The molecule has 1 saturated heterocycles. The summed E-state index contributed by atoms with van der Waals surface area (Å²) in [5, 5.41) is 7.30. The van der Waals surface area contributed by atoms with E-state index >= 15 is 0 Å². The van der Waals surface area contributed by atoms with Crippen LogP contribution in [0.4, 0.5) is 5.82 Å². The van der Waals surface area contributed by atoms with Crippen molar-refractivity contribution in [1.82, 2.24) is 25.0 Å². The third-order valence-corrected chi connectivity index (χ3v) is 5.37. The van der Waals surface area contributed by atoms with Crippen LogP contribution in [0.1, 0.15) is 22.3 Å². The van der Waals surface area contributed by atoms with Crippen molar-refractivity contribution in [2.45, 2.75) is 18.9 Å². The number of hydrogen-bond donors (Lipinski definition) is 2. The summed E-state index contributed by atoms with van der Waals surface area (Å²) in [5.74, 6) is 0.0738. The highest BCUT2D eigenvalue weighted by molar-refractivity contribution is 5.99. The van der Waals surface area contributed by atoms with E-state index in [1.165, 1.54) is 5.56 Å². The summed E-state index contributed by atoms with van der Waals surface area (Å²) in [5.41, 5.74) is 9.47. The lowest BCUT2D eigenvalue weighted by molar-refractivity contribution is 0.0938. The van der Waals surface area contributed by atoms with Crippen molar-refractivity contribution in [2.75, 3.05) is 25.4 Å². The van der Waals surface area contributed by atoms with Gasteiger partial charge in [-0.1, -0.05) is 30.3 Å². The molecule has 0 bridgehead atoms. The number of pyridine rings is 1. The van der Waals surface area contributed by atoms with Gasteiger partial charge in [-0.25, -0.2) is 4.98 Å². The van der Waals surface area contributed by atoms with Gasteiger partial charge in [0.25, 0.3) is 5.91 Å². The van der Waals surface area contributed by atoms with Gasteiger partial charge in [-0.3, -0.25) is 9.48 Å². The van der Waals surface area contributed by atoms with Crippen LogP contribution >= 0.6 is 0 Å². The fourth-order valence-electron chi connectivity index (χ4n) is 3.73. The van der Waals surface area contributed by atoms with Gasteiger partial charge in [0.2, 0.25) is 0 Å². The number of aromatic nitrogens is 3. The lowest BCUT2D eigenvalue weighted by atomic mass is 10.1. The number of amides is 1. The Bertz CT molecular complexity index is 984. The van der Waals surface area contributed by atoms with E-state index in [-0.39, 0.29) is 17.8 Å². The number of aryl methyl sites for hydroxylation is 1. The number of nitrogens with one attached hydrogen (secondary N) is 1. The normalized spacial score (nSPS) is 16.8. The molecular weight excluding hydrogens is 364 g/mol. The number of likely N-dealkylation sites (tertiary alicyclic amines) is 1. The predicted octanol–water partition coefficient (Wildman–Crippen LogP) is 2.11. The van der Waals surface area contributed by atoms with Crippen molar-refractivity contribution in [3.8, 4) is 11.1 Å². The average molecular weight is 390 g/mol. The Balaban J connectivity index is 1.36. The Labute approximate surface area is 170 Å². The molecule has 1 amide bonds. The summed E-state index contributed by atoms with van der Waals surface area (Å²) < 4.78 is 1.72. The van der Waals surface area contributed by atoms with Crippen LogP contribution in [0.15, 0.2) is 55.0 Å². The molecule has 2 aromatic heterocycles. The summed E-state index contributed by atoms with van der Waals surface area (Å²) in [6.07, 6.45) is 7.26. The quantitative estimate of drug-likeness (QED) is 0.673. The van der Waals surface area contributed by atoms with Crippen molar-refractivity contribution < 1.29 is 4.79 Å². The molecule has 150 valence electrons. The molecule has 1 aromatic carbocycles. The van der Waals surface area contributed by atoms with Crippen LogP contribution in [0.5, 0.6) is 0 Å². The highest BCUT2D eigenvalue weighted by Crippen LogP contribution is 2.22. The summed E-state index contributed by atoms with van der Waals surface area (Å²) in [4.78, 5) is 19.4. The first-order valence-electron chi connectivity index (χ1n) is 9.90. The molecule has 3 heterocycles. The number of anilines is 1. The maximum atomic E-state index is 12.8. The zero-order valence-corrected chi connectivity index (χ0v) is 16.6. The molecular formula is C22H26N6O. The number of nitrogens with two attached hydrogens (primary N) is 1. The van der Waals surface area contributed by atoms with Gasteiger partial charge in [-0.2, -0.15) is 5.10 Å². The van der Waals surface area contributed by atoms with Gasteiger partial charge in [0.15, 0.2) is 0 Å². The second kappa shape index (κ2) is 8.45. The second-order valence-electron chi connectivity index (χ2n) is 7.55. The van der Waals surface area contributed by atoms with Crippen molar-refractivity contribution in [2.24, 2.45) is 7.05 Å². The van der Waals surface area contributed by atoms with Gasteiger partial charge in [-0.15, -0.1) is 0 Å². The van der Waals surface area contributed by atoms with E-state index in [0.717, 1.165) is 43.6 Å². The molecule has 0 aliphatic carbocycles. The molecule has 0 radical (unpaired) electrons. The summed E-state index contributed by atoms with van der Waals surface area (Å²) in [6, 6.07) is 12.4. The van der Waals surface area contributed by atoms with Gasteiger partial charge >= 0.3 is 0 Å². The molecule has 1 aliphatic rings. The van der Waals surface area contributed by atoms with E-state index in [4.69, 9.17) is 5.73 Å². The number of nitrogen functional groups attached to an aromatic ring is 1. The zero-order valence-electron chi connectivity index (χ0n) is 16.6. The van der Waals surface area contributed by atoms with Crippen molar-refractivity contribution in [3.63, 3.8) is 0 Å². The summed E-state index contributed by atoms with van der Waals surface area (Å²) in [7, 11) is 1.85. The first-order valence-corrected chi connectivity index (χ1v) is 9.90. The number of hydrogen-bond acceptors (Lipinski definition) is 5. The van der Waals surface area contributed by atoms with Crippen LogP contribution in [0.2, 0.25) is 0 Å². The highest BCUT2D eigenvalue weighted by Gasteiger charge is 2.25. The molecule has 1 fully saturated rings. The highest BCUT2D eigenvalue weighted by atomic mass is 16.1. The third kappa shape index (κ3) is 4.63. The molecule has 0 saturated carbocycles. The van der Waals surface area contributed by atoms with Gasteiger partial charge in [0, 0.05) is 56.2 Å². The van der Waals surface area contributed by atoms with Crippen molar-refractivity contribution in [1.29, 1.82) is 0 Å². The maximum Gasteiger partial charge on any atom is 0.255 e. The van der Waals surface area contributed by atoms with Gasteiger partial charge in [0.05, 0.1) is 11.8 Å². The van der Waals surface area contributed by atoms with Crippen LogP contribution in [0, 0.1) is 0 Å². The van der Waals surface area contributed by atoms with Gasteiger partial charge < -0.3 is 16.0 Å². The Morgan fingerprint density at radius 3 is 2.83 bits per heavy atom. The van der Waals surface area contributed by atoms with E-state index in [9.17, 15) is 4.79 Å². The van der Waals surface area contributed by atoms with Crippen LogP contribution in [0.3, 0.4) is 0 Å². The molecule has 3 N–H and O–H groups in total. The molecule has 1 aliphatic heterocycles. The molecule has 1 atom stereocenters. The topological polar surface area (TPSA) is 89.1 Å². The number of carbonyl (C=O) groups is 1. The standard InChI is InChI=1S/C22H26N6O/c1-27-14-18(13-25-27)17-11-20(21(23)24-12-17)22(29)26-19-8-10-28(15-19)9-7-16-5-3-2-4-6-16/h2-6,11-14,19H,7-10,15H2,1H3,(H2,23,24)(H,26,29)/t19-/m1/s1. The number of carbonyl (C=O) groups excluding carboxylic acids is 1. The van der Waals surface area contributed by atoms with Crippen molar-refractivity contribution >= 4 is 11.7 Å². The first kappa shape index (κ1) is 19.1. The van der Waals surface area contributed by atoms with E-state index in [1.807, 2.05) is 19.3 Å². The molecule has 7 heteroatoms. The molecule has 7 nitrogen and oxygen atoms in total. The predicted molar refractivity (Wildman–Crippen MR) is 113 cm³/mol. The molecule has 3 aromatic rings. The van der Waals surface area contributed by atoms with E-state index in [2.05, 4.69) is 44.6 Å². The van der Waals surface area contributed by atoms with Crippen LogP contribution < -0.4 is 11.1 Å². The number of nitrogens with zero attached hydrogens (tertiary/aromatic N) is 4. The van der Waals surface area contributed by atoms with Crippen molar-refractivity contribution in [3.05, 3.63) is 66.1 Å². The lowest BCUT2D eigenvalue weighted by Gasteiger charge is -2.17. The lowest BCUT2D eigenvalue weighted by Crippen LogP contribution is -2.37. The van der Waals surface area contributed by atoms with E-state index < -0.39 is 0 Å². The minimum absolute atomic E-state index is 0.125. The maximum absolute atomic E-state index is 12.8. The molecule has 29 heavy (non-hydrogen) atoms. The Morgan fingerprint density at radius 2 is 2.07 bits per heavy atom. The molecule has 0 spiro atoms. The fraction of sp³-hybridized carbons (Fsp3) is 0.318.